The van der Waals surface area contributed by atoms with Crippen LogP contribution in [0.3, 0.4) is 0 Å². The summed E-state index contributed by atoms with van der Waals surface area (Å²) in [5, 5.41) is 4.11. The fraction of sp³-hybridized carbons (Fsp3) is 0.714. The van der Waals surface area contributed by atoms with Crippen molar-refractivity contribution in [2.24, 2.45) is 5.73 Å². The number of nitrogens with two attached hydrogens (primary N) is 1. The maximum absolute atomic E-state index is 5.67. The molecule has 0 saturated heterocycles. The lowest BCUT2D eigenvalue weighted by Gasteiger charge is -2.40. The van der Waals surface area contributed by atoms with Crippen molar-refractivity contribution in [3.63, 3.8) is 0 Å². The first-order chi connectivity index (χ1) is 5.37. The van der Waals surface area contributed by atoms with Crippen molar-refractivity contribution in [2.45, 2.75) is 24.8 Å². The van der Waals surface area contributed by atoms with Crippen molar-refractivity contribution >= 4 is 0 Å². The van der Waals surface area contributed by atoms with E-state index in [1.54, 1.807) is 12.7 Å². The van der Waals surface area contributed by atoms with Gasteiger partial charge in [-0.25, -0.2) is 9.67 Å². The molecule has 0 aromatic carbocycles. The van der Waals surface area contributed by atoms with E-state index in [9.17, 15) is 0 Å². The molecule has 1 aliphatic rings. The lowest BCUT2D eigenvalue weighted by Crippen LogP contribution is -2.47. The first-order valence-corrected chi connectivity index (χ1v) is 3.93. The van der Waals surface area contributed by atoms with Gasteiger partial charge in [0.05, 0.1) is 5.54 Å². The number of hydrogen-bond acceptors (Lipinski definition) is 3. The second-order valence-corrected chi connectivity index (χ2v) is 3.12. The summed E-state index contributed by atoms with van der Waals surface area (Å²) >= 11 is 0. The minimum atomic E-state index is 0.108. The molecule has 2 N–H and O–H groups in total. The highest BCUT2D eigenvalue weighted by Crippen LogP contribution is 2.36. The van der Waals surface area contributed by atoms with Crippen molar-refractivity contribution in [3.8, 4) is 0 Å². The Kier molecular flexibility index (Phi) is 1.42. The zero-order valence-electron chi connectivity index (χ0n) is 6.40. The van der Waals surface area contributed by atoms with Crippen molar-refractivity contribution in [1.29, 1.82) is 0 Å². The molecule has 0 amide bonds. The van der Waals surface area contributed by atoms with Crippen LogP contribution in [0.5, 0.6) is 0 Å². The SMILES string of the molecule is NCC1(n2cncn2)CCC1. The quantitative estimate of drug-likeness (QED) is 0.654. The minimum Gasteiger partial charge on any atom is -0.328 e. The molecule has 4 heteroatoms. The highest BCUT2D eigenvalue weighted by molar-refractivity contribution is 4.93. The van der Waals surface area contributed by atoms with Gasteiger partial charge in [-0.15, -0.1) is 0 Å². The van der Waals surface area contributed by atoms with E-state index >= 15 is 0 Å². The molecular formula is C7H12N4. The van der Waals surface area contributed by atoms with Crippen LogP contribution in [0.1, 0.15) is 19.3 Å². The van der Waals surface area contributed by atoms with Crippen LogP contribution in [-0.2, 0) is 5.54 Å². The van der Waals surface area contributed by atoms with Gasteiger partial charge in [-0.05, 0) is 19.3 Å². The third-order valence-corrected chi connectivity index (χ3v) is 2.57. The smallest absolute Gasteiger partial charge is 0.137 e. The summed E-state index contributed by atoms with van der Waals surface area (Å²) in [7, 11) is 0. The Labute approximate surface area is 65.4 Å². The fourth-order valence-electron chi connectivity index (χ4n) is 1.56. The van der Waals surface area contributed by atoms with Gasteiger partial charge in [-0.1, -0.05) is 0 Å². The molecule has 1 aromatic rings. The van der Waals surface area contributed by atoms with Gasteiger partial charge >= 0.3 is 0 Å². The molecule has 0 unspecified atom stereocenters. The van der Waals surface area contributed by atoms with E-state index in [-0.39, 0.29) is 5.54 Å². The van der Waals surface area contributed by atoms with E-state index < -0.39 is 0 Å². The van der Waals surface area contributed by atoms with Crippen LogP contribution in [-0.4, -0.2) is 21.3 Å². The van der Waals surface area contributed by atoms with Crippen LogP contribution in [0, 0.1) is 0 Å². The van der Waals surface area contributed by atoms with E-state index in [1.165, 1.54) is 6.42 Å². The summed E-state index contributed by atoms with van der Waals surface area (Å²) in [6, 6.07) is 0. The topological polar surface area (TPSA) is 56.7 Å². The van der Waals surface area contributed by atoms with E-state index in [4.69, 9.17) is 5.73 Å². The molecule has 0 bridgehead atoms. The summed E-state index contributed by atoms with van der Waals surface area (Å²) in [6.07, 6.45) is 6.87. The van der Waals surface area contributed by atoms with Gasteiger partial charge in [0, 0.05) is 6.54 Å². The zero-order valence-corrected chi connectivity index (χ0v) is 6.40. The summed E-state index contributed by atoms with van der Waals surface area (Å²) in [5.41, 5.74) is 5.78. The molecule has 0 spiro atoms. The molecule has 1 fully saturated rings. The van der Waals surface area contributed by atoms with Gasteiger partial charge in [-0.2, -0.15) is 5.10 Å². The van der Waals surface area contributed by atoms with Gasteiger partial charge in [0.25, 0.3) is 0 Å². The van der Waals surface area contributed by atoms with Crippen molar-refractivity contribution < 1.29 is 0 Å². The third kappa shape index (κ3) is 0.860. The highest BCUT2D eigenvalue weighted by atomic mass is 15.4. The second kappa shape index (κ2) is 2.30. The molecule has 1 aromatic heterocycles. The largest absolute Gasteiger partial charge is 0.328 e. The van der Waals surface area contributed by atoms with E-state index in [2.05, 4.69) is 10.1 Å². The predicted molar refractivity (Wildman–Crippen MR) is 40.9 cm³/mol. The lowest BCUT2D eigenvalue weighted by molar-refractivity contribution is 0.134. The standard InChI is InChI=1S/C7H12N4/c8-4-7(2-1-3-7)11-6-9-5-10-11/h5-6H,1-4,8H2. The molecular weight excluding hydrogens is 140 g/mol. The Morgan fingerprint density at radius 1 is 1.55 bits per heavy atom. The summed E-state index contributed by atoms with van der Waals surface area (Å²) in [6.45, 7) is 0.677. The van der Waals surface area contributed by atoms with Crippen molar-refractivity contribution in [2.75, 3.05) is 6.54 Å². The molecule has 1 saturated carbocycles. The van der Waals surface area contributed by atoms with E-state index in [0.29, 0.717) is 6.54 Å². The van der Waals surface area contributed by atoms with Crippen molar-refractivity contribution in [3.05, 3.63) is 12.7 Å². The average molecular weight is 152 g/mol. The Hall–Kier alpha value is -0.900. The molecule has 0 aliphatic heterocycles. The Bertz CT molecular complexity index is 219. The van der Waals surface area contributed by atoms with Gasteiger partial charge in [0.2, 0.25) is 0 Å². The maximum Gasteiger partial charge on any atom is 0.137 e. The molecule has 1 heterocycles. The average Bonchev–Trinajstić information content (AvgIpc) is 2.39. The molecule has 0 atom stereocenters. The summed E-state index contributed by atoms with van der Waals surface area (Å²) in [4.78, 5) is 3.91. The first kappa shape index (κ1) is 6.79. The van der Waals surface area contributed by atoms with Gasteiger partial charge in [0.1, 0.15) is 12.7 Å². The number of aromatic nitrogens is 3. The zero-order chi connectivity index (χ0) is 7.73. The molecule has 11 heavy (non-hydrogen) atoms. The van der Waals surface area contributed by atoms with E-state index in [1.807, 2.05) is 4.68 Å². The molecule has 0 radical (unpaired) electrons. The van der Waals surface area contributed by atoms with Gasteiger partial charge < -0.3 is 5.73 Å². The number of hydrogen-bond donors (Lipinski definition) is 1. The third-order valence-electron chi connectivity index (χ3n) is 2.57. The van der Waals surface area contributed by atoms with Crippen LogP contribution in [0.15, 0.2) is 12.7 Å². The van der Waals surface area contributed by atoms with Crippen LogP contribution < -0.4 is 5.73 Å². The normalized spacial score (nSPS) is 21.2. The van der Waals surface area contributed by atoms with Crippen molar-refractivity contribution in [1.82, 2.24) is 14.8 Å². The van der Waals surface area contributed by atoms with Crippen LogP contribution in [0.25, 0.3) is 0 Å². The molecule has 60 valence electrons. The summed E-state index contributed by atoms with van der Waals surface area (Å²) in [5.74, 6) is 0. The number of rotatable bonds is 2. The Morgan fingerprint density at radius 3 is 2.73 bits per heavy atom. The molecule has 2 rings (SSSR count). The predicted octanol–water partition coefficient (Wildman–Crippen LogP) is 0.116. The van der Waals surface area contributed by atoms with Crippen LogP contribution >= 0.6 is 0 Å². The number of nitrogens with zero attached hydrogens (tertiary/aromatic N) is 3. The van der Waals surface area contributed by atoms with Crippen LogP contribution in [0.4, 0.5) is 0 Å². The minimum absolute atomic E-state index is 0.108. The molecule has 1 aliphatic carbocycles. The van der Waals surface area contributed by atoms with Crippen LogP contribution in [0.2, 0.25) is 0 Å². The molecule has 4 nitrogen and oxygen atoms in total. The maximum atomic E-state index is 5.67. The Balaban J connectivity index is 2.25. The van der Waals surface area contributed by atoms with Gasteiger partial charge in [-0.3, -0.25) is 0 Å². The fourth-order valence-corrected chi connectivity index (χ4v) is 1.56. The summed E-state index contributed by atoms with van der Waals surface area (Å²) < 4.78 is 1.90. The lowest BCUT2D eigenvalue weighted by atomic mass is 9.77. The van der Waals surface area contributed by atoms with Gasteiger partial charge in [0.15, 0.2) is 0 Å². The first-order valence-electron chi connectivity index (χ1n) is 3.93. The Morgan fingerprint density at radius 2 is 2.36 bits per heavy atom. The van der Waals surface area contributed by atoms with E-state index in [0.717, 1.165) is 12.8 Å². The highest BCUT2D eigenvalue weighted by Gasteiger charge is 2.38. The monoisotopic (exact) mass is 152 g/mol. The second-order valence-electron chi connectivity index (χ2n) is 3.12.